The van der Waals surface area contributed by atoms with Crippen LogP contribution in [-0.2, 0) is 23.9 Å². The molecular weight excluding hydrogens is 426 g/mol. The van der Waals surface area contributed by atoms with Gasteiger partial charge < -0.3 is 24.3 Å². The van der Waals surface area contributed by atoms with Crippen LogP contribution in [0.15, 0.2) is 40.7 Å². The maximum atomic E-state index is 13.8. The van der Waals surface area contributed by atoms with Gasteiger partial charge in [-0.05, 0) is 39.2 Å². The van der Waals surface area contributed by atoms with Crippen LogP contribution in [0.3, 0.4) is 0 Å². The SMILES string of the molecule is CCOC(=O)C1=C(C)NC2=C(C(=O)[C@H](C(=O)OCC)[C@@H](C)C2)[C@H]1c1cccc(OC)c1OC. The van der Waals surface area contributed by atoms with Gasteiger partial charge in [0.1, 0.15) is 5.92 Å². The molecule has 1 aliphatic heterocycles. The fourth-order valence-electron chi connectivity index (χ4n) is 4.72. The van der Waals surface area contributed by atoms with Crippen molar-refractivity contribution in [2.75, 3.05) is 27.4 Å². The Hall–Kier alpha value is -3.29. The van der Waals surface area contributed by atoms with Crippen LogP contribution in [-0.4, -0.2) is 45.2 Å². The van der Waals surface area contributed by atoms with E-state index in [2.05, 4.69) is 5.32 Å². The van der Waals surface area contributed by atoms with E-state index in [4.69, 9.17) is 18.9 Å². The molecule has 0 unspecified atom stereocenters. The van der Waals surface area contributed by atoms with Crippen LogP contribution in [0.25, 0.3) is 0 Å². The summed E-state index contributed by atoms with van der Waals surface area (Å²) in [6.07, 6.45) is 0.459. The van der Waals surface area contributed by atoms with E-state index in [-0.39, 0.29) is 24.9 Å². The lowest BCUT2D eigenvalue weighted by Crippen LogP contribution is -2.43. The highest BCUT2D eigenvalue weighted by atomic mass is 16.5. The van der Waals surface area contributed by atoms with Crippen LogP contribution < -0.4 is 14.8 Å². The minimum atomic E-state index is -0.952. The van der Waals surface area contributed by atoms with Crippen molar-refractivity contribution >= 4 is 17.7 Å². The number of rotatable bonds is 7. The summed E-state index contributed by atoms with van der Waals surface area (Å²) >= 11 is 0. The molecule has 1 N–H and O–H groups in total. The quantitative estimate of drug-likeness (QED) is 0.492. The summed E-state index contributed by atoms with van der Waals surface area (Å²) in [5, 5.41) is 3.24. The number of dihydropyridines is 1. The molecule has 3 atom stereocenters. The Morgan fingerprint density at radius 3 is 2.39 bits per heavy atom. The maximum Gasteiger partial charge on any atom is 0.336 e. The van der Waals surface area contributed by atoms with Gasteiger partial charge >= 0.3 is 11.9 Å². The number of carbonyl (C=O) groups is 3. The first-order valence-electron chi connectivity index (χ1n) is 11.1. The molecule has 1 aromatic carbocycles. The number of ketones is 1. The van der Waals surface area contributed by atoms with Crippen molar-refractivity contribution < 1.29 is 33.3 Å². The Morgan fingerprint density at radius 1 is 1.09 bits per heavy atom. The van der Waals surface area contributed by atoms with Crippen molar-refractivity contribution in [3.63, 3.8) is 0 Å². The summed E-state index contributed by atoms with van der Waals surface area (Å²) in [6.45, 7) is 7.42. The number of Topliss-reactive ketones (excluding diaryl/α,β-unsaturated/α-hetero) is 1. The molecule has 178 valence electrons. The van der Waals surface area contributed by atoms with Crippen LogP contribution in [0.5, 0.6) is 11.5 Å². The average Bonchev–Trinajstić information content (AvgIpc) is 2.77. The van der Waals surface area contributed by atoms with Gasteiger partial charge in [-0.3, -0.25) is 9.59 Å². The van der Waals surface area contributed by atoms with Crippen molar-refractivity contribution in [1.82, 2.24) is 5.32 Å². The van der Waals surface area contributed by atoms with E-state index in [9.17, 15) is 14.4 Å². The smallest absolute Gasteiger partial charge is 0.336 e. The summed E-state index contributed by atoms with van der Waals surface area (Å²) < 4.78 is 21.7. The second kappa shape index (κ2) is 10.1. The minimum Gasteiger partial charge on any atom is -0.493 e. The molecule has 1 heterocycles. The maximum absolute atomic E-state index is 13.8. The second-order valence-corrected chi connectivity index (χ2v) is 8.07. The fourth-order valence-corrected chi connectivity index (χ4v) is 4.72. The van der Waals surface area contributed by atoms with E-state index in [1.165, 1.54) is 14.2 Å². The Balaban J connectivity index is 2.26. The van der Waals surface area contributed by atoms with Crippen molar-refractivity contribution in [3.8, 4) is 11.5 Å². The van der Waals surface area contributed by atoms with Gasteiger partial charge in [-0.1, -0.05) is 19.1 Å². The van der Waals surface area contributed by atoms with E-state index < -0.39 is 23.8 Å². The molecule has 0 radical (unpaired) electrons. The van der Waals surface area contributed by atoms with Crippen LogP contribution in [0.4, 0.5) is 0 Å². The minimum absolute atomic E-state index is 0.180. The highest BCUT2D eigenvalue weighted by Gasteiger charge is 2.48. The zero-order valence-corrected chi connectivity index (χ0v) is 19.9. The molecule has 2 aliphatic rings. The van der Waals surface area contributed by atoms with Gasteiger partial charge in [-0.15, -0.1) is 0 Å². The van der Waals surface area contributed by atoms with Crippen LogP contribution in [0.2, 0.25) is 0 Å². The van der Waals surface area contributed by atoms with Crippen molar-refractivity contribution in [3.05, 3.63) is 46.3 Å². The Labute approximate surface area is 193 Å². The number of ether oxygens (including phenoxy) is 4. The van der Waals surface area contributed by atoms with Gasteiger partial charge in [0.2, 0.25) is 0 Å². The molecule has 33 heavy (non-hydrogen) atoms. The van der Waals surface area contributed by atoms with Crippen molar-refractivity contribution in [2.24, 2.45) is 11.8 Å². The predicted molar refractivity (Wildman–Crippen MR) is 121 cm³/mol. The predicted octanol–water partition coefficient (Wildman–Crippen LogP) is 3.27. The zero-order chi connectivity index (χ0) is 24.3. The summed E-state index contributed by atoms with van der Waals surface area (Å²) in [7, 11) is 3.02. The van der Waals surface area contributed by atoms with Gasteiger partial charge in [0, 0.05) is 22.5 Å². The van der Waals surface area contributed by atoms with Crippen LogP contribution in [0.1, 0.15) is 45.6 Å². The number of hydrogen-bond donors (Lipinski definition) is 1. The van der Waals surface area contributed by atoms with Crippen LogP contribution in [0, 0.1) is 11.8 Å². The van der Waals surface area contributed by atoms with E-state index in [1.54, 1.807) is 39.0 Å². The third kappa shape index (κ3) is 4.34. The van der Waals surface area contributed by atoms with E-state index in [0.717, 1.165) is 0 Å². The number of hydrogen-bond acceptors (Lipinski definition) is 8. The molecule has 3 rings (SSSR count). The Kier molecular flexibility index (Phi) is 7.46. The molecule has 8 heteroatoms. The van der Waals surface area contributed by atoms with E-state index in [0.29, 0.717) is 46.0 Å². The Morgan fingerprint density at radius 2 is 1.79 bits per heavy atom. The lowest BCUT2D eigenvalue weighted by atomic mass is 9.69. The zero-order valence-electron chi connectivity index (χ0n) is 19.9. The van der Waals surface area contributed by atoms with E-state index in [1.807, 2.05) is 6.92 Å². The third-order valence-electron chi connectivity index (χ3n) is 6.07. The largest absolute Gasteiger partial charge is 0.493 e. The highest BCUT2D eigenvalue weighted by Crippen LogP contribution is 2.49. The first-order chi connectivity index (χ1) is 15.8. The van der Waals surface area contributed by atoms with Gasteiger partial charge in [0.05, 0.1) is 38.9 Å². The molecule has 0 bridgehead atoms. The van der Waals surface area contributed by atoms with Crippen LogP contribution >= 0.6 is 0 Å². The summed E-state index contributed by atoms with van der Waals surface area (Å²) in [5.41, 5.74) is 2.52. The van der Waals surface area contributed by atoms with Gasteiger partial charge in [0.25, 0.3) is 0 Å². The monoisotopic (exact) mass is 457 g/mol. The van der Waals surface area contributed by atoms with Gasteiger partial charge in [0.15, 0.2) is 17.3 Å². The first-order valence-corrected chi connectivity index (χ1v) is 11.1. The third-order valence-corrected chi connectivity index (χ3v) is 6.07. The molecule has 0 saturated carbocycles. The van der Waals surface area contributed by atoms with Crippen molar-refractivity contribution in [1.29, 1.82) is 0 Å². The van der Waals surface area contributed by atoms with Gasteiger partial charge in [-0.2, -0.15) is 0 Å². The molecule has 0 spiro atoms. The second-order valence-electron chi connectivity index (χ2n) is 8.07. The number of para-hydroxylation sites is 1. The standard InChI is InChI=1S/C25H31NO7/c1-7-32-24(28)18-13(3)12-16-21(22(18)27)20(19(14(4)26-16)25(29)33-8-2)15-10-9-11-17(30-5)23(15)31-6/h9-11,13,18,20,26H,7-8,12H2,1-6H3/t13-,18+,20-/m0/s1. The highest BCUT2D eigenvalue weighted by molar-refractivity contribution is 6.12. The first kappa shape index (κ1) is 24.4. The molecule has 0 saturated heterocycles. The molecule has 8 nitrogen and oxygen atoms in total. The summed E-state index contributed by atoms with van der Waals surface area (Å²) in [5.74, 6) is -2.58. The lowest BCUT2D eigenvalue weighted by Gasteiger charge is -2.38. The molecule has 0 amide bonds. The molecule has 0 aromatic heterocycles. The molecule has 0 fully saturated rings. The number of carbonyl (C=O) groups excluding carboxylic acids is 3. The normalized spacial score (nSPS) is 22.4. The molecule has 1 aromatic rings. The van der Waals surface area contributed by atoms with Crippen molar-refractivity contribution in [2.45, 2.75) is 40.0 Å². The number of allylic oxidation sites excluding steroid dienone is 3. The number of nitrogens with one attached hydrogen (secondary N) is 1. The number of esters is 2. The average molecular weight is 458 g/mol. The van der Waals surface area contributed by atoms with Gasteiger partial charge in [-0.25, -0.2) is 4.79 Å². The number of benzene rings is 1. The fraction of sp³-hybridized carbons (Fsp3) is 0.480. The lowest BCUT2D eigenvalue weighted by molar-refractivity contribution is -0.153. The summed E-state index contributed by atoms with van der Waals surface area (Å²) in [4.78, 5) is 39.6. The topological polar surface area (TPSA) is 100 Å². The molecular formula is C25H31NO7. The number of methoxy groups -OCH3 is 2. The van der Waals surface area contributed by atoms with E-state index >= 15 is 0 Å². The Bertz CT molecular complexity index is 1020. The molecule has 1 aliphatic carbocycles. The summed E-state index contributed by atoms with van der Waals surface area (Å²) in [6, 6.07) is 5.31.